The molecule has 33 heavy (non-hydrogen) atoms. The van der Waals surface area contributed by atoms with E-state index in [2.05, 4.69) is 9.80 Å². The Kier molecular flexibility index (Phi) is 9.44. The van der Waals surface area contributed by atoms with E-state index < -0.39 is 0 Å². The summed E-state index contributed by atoms with van der Waals surface area (Å²) in [4.78, 5) is 19.3. The molecule has 0 radical (unpaired) electrons. The molecular weight excluding hydrogens is 401 g/mol. The Bertz CT molecular complexity index is 721. The van der Waals surface area contributed by atoms with Crippen molar-refractivity contribution in [2.24, 2.45) is 17.3 Å². The van der Waals surface area contributed by atoms with Gasteiger partial charge in [0.15, 0.2) is 0 Å². The molecule has 4 saturated heterocycles. The maximum absolute atomic E-state index is 11.9. The summed E-state index contributed by atoms with van der Waals surface area (Å²) >= 11 is 0. The maximum atomic E-state index is 11.9. The zero-order chi connectivity index (χ0) is 22.7. The van der Waals surface area contributed by atoms with Crippen molar-refractivity contribution in [3.05, 3.63) is 42.4 Å². The van der Waals surface area contributed by atoms with E-state index in [0.717, 1.165) is 29.5 Å². The van der Waals surface area contributed by atoms with Gasteiger partial charge in [-0.05, 0) is 57.0 Å². The molecule has 0 aromatic heterocycles. The van der Waals surface area contributed by atoms with Crippen molar-refractivity contribution in [2.45, 2.75) is 77.8 Å². The summed E-state index contributed by atoms with van der Waals surface area (Å²) in [6.07, 6.45) is 10.5. The second-order valence-corrected chi connectivity index (χ2v) is 11.6. The number of carbonyl (C=O) groups excluding carboxylic acids is 1. The Hall–Kier alpha value is -0.923. The first kappa shape index (κ1) is 26.7. The molecule has 1 amide bonds. The largest absolute Gasteiger partial charge is 1.00 e. The first-order valence-corrected chi connectivity index (χ1v) is 13.0. The van der Waals surface area contributed by atoms with Crippen LogP contribution in [0, 0.1) is 23.8 Å². The molecule has 0 N–H and O–H groups in total. The van der Waals surface area contributed by atoms with Gasteiger partial charge in [-0.1, -0.05) is 46.2 Å². The summed E-state index contributed by atoms with van der Waals surface area (Å²) in [6, 6.07) is 11.8. The summed E-state index contributed by atoms with van der Waals surface area (Å²) in [5.74, 6) is 2.15. The molecule has 0 saturated carbocycles. The van der Waals surface area contributed by atoms with Crippen molar-refractivity contribution >= 4 is 5.91 Å². The van der Waals surface area contributed by atoms with Gasteiger partial charge >= 0.3 is 18.9 Å². The quantitative estimate of drug-likeness (QED) is 0.515. The van der Waals surface area contributed by atoms with Gasteiger partial charge in [-0.25, -0.2) is 0 Å². The van der Waals surface area contributed by atoms with Crippen LogP contribution in [0.5, 0.6) is 0 Å². The van der Waals surface area contributed by atoms with Gasteiger partial charge in [-0.2, -0.15) is 17.7 Å². The number of hydrogen-bond donors (Lipinski definition) is 0. The van der Waals surface area contributed by atoms with Crippen LogP contribution >= 0.6 is 0 Å². The smallest absolute Gasteiger partial charge is 0.374 e. The van der Waals surface area contributed by atoms with E-state index in [-0.39, 0.29) is 30.2 Å². The third-order valence-corrected chi connectivity index (χ3v) is 8.06. The van der Waals surface area contributed by atoms with Crippen molar-refractivity contribution in [2.75, 3.05) is 33.2 Å². The summed E-state index contributed by atoms with van der Waals surface area (Å²) in [6.45, 7) is 13.3. The second kappa shape index (κ2) is 11.7. The number of nitrogens with zero attached hydrogens (tertiary/aromatic N) is 3. The number of carbonyl (C=O) groups is 1. The maximum Gasteiger partial charge on any atom is 1.00 e. The minimum atomic E-state index is -0.333. The van der Waals surface area contributed by atoms with Crippen molar-refractivity contribution in [1.82, 2.24) is 14.7 Å². The van der Waals surface area contributed by atoms with Crippen LogP contribution in [-0.4, -0.2) is 65.9 Å². The Morgan fingerprint density at radius 1 is 0.909 bits per heavy atom. The van der Waals surface area contributed by atoms with E-state index >= 15 is 0 Å². The number of piperidine rings is 4. The van der Waals surface area contributed by atoms with Gasteiger partial charge in [0.05, 0.1) is 0 Å². The SMILES string of the molecule is C1CCN2C[C@@H]3C[C@@H](CN4CCCC[C@@H]34)[C@H]2C1.CN([CH-]c1ccccc1)C(=O)C(C)(C)C.[Li+]. The molecule has 0 spiro atoms. The van der Waals surface area contributed by atoms with Crippen LogP contribution in [0.4, 0.5) is 0 Å². The van der Waals surface area contributed by atoms with Crippen LogP contribution in [-0.2, 0) is 4.79 Å². The van der Waals surface area contributed by atoms with Crippen LogP contribution in [0.2, 0.25) is 0 Å². The summed E-state index contributed by atoms with van der Waals surface area (Å²) in [5.41, 5.74) is 0.706. The van der Waals surface area contributed by atoms with Crippen molar-refractivity contribution in [1.29, 1.82) is 0 Å². The fourth-order valence-electron chi connectivity index (χ4n) is 6.60. The Labute approximate surface area is 214 Å². The van der Waals surface area contributed by atoms with Gasteiger partial charge in [0.25, 0.3) is 0 Å². The average Bonchev–Trinajstić information content (AvgIpc) is 2.79. The van der Waals surface area contributed by atoms with Crippen molar-refractivity contribution in [3.63, 3.8) is 0 Å². The molecule has 5 heteroatoms. The number of rotatable bonds is 2. The third-order valence-electron chi connectivity index (χ3n) is 8.06. The second-order valence-electron chi connectivity index (χ2n) is 11.6. The molecule has 1 aromatic carbocycles. The first-order valence-electron chi connectivity index (χ1n) is 13.0. The van der Waals surface area contributed by atoms with Gasteiger partial charge in [0.2, 0.25) is 5.91 Å². The molecule has 0 aliphatic carbocycles. The molecular formula is C28H44LiN3O. The molecule has 2 bridgehead atoms. The van der Waals surface area contributed by atoms with E-state index in [9.17, 15) is 4.79 Å². The molecule has 4 heterocycles. The average molecular weight is 446 g/mol. The minimum absolute atomic E-state index is 0. The minimum Gasteiger partial charge on any atom is -0.374 e. The number of hydrogen-bond acceptors (Lipinski definition) is 3. The predicted molar refractivity (Wildman–Crippen MR) is 132 cm³/mol. The normalized spacial score (nSPS) is 29.3. The van der Waals surface area contributed by atoms with E-state index in [1.165, 1.54) is 64.7 Å². The van der Waals surface area contributed by atoms with E-state index in [0.29, 0.717) is 0 Å². The standard InChI is InChI=1S/C15H26N2.C13H18NO.Li/c1-3-7-16-11-13-9-12(14(16)5-1)10-17-8-4-2-6-15(13)17;1-13(2,3)12(15)14(4)10-11-8-6-5-7-9-11;/h12-15H,1-11H2;5-10H,1-4H3;/q;-1;+1/t12-,13-,14-,15+;;/m0../s1. The number of fused-ring (bicyclic) bond motifs is 6. The van der Waals surface area contributed by atoms with Gasteiger partial charge in [0.1, 0.15) is 0 Å². The Morgan fingerprint density at radius 2 is 1.42 bits per heavy atom. The molecule has 178 valence electrons. The van der Waals surface area contributed by atoms with E-state index in [4.69, 9.17) is 0 Å². The van der Waals surface area contributed by atoms with Gasteiger partial charge in [-0.3, -0.25) is 14.6 Å². The molecule has 4 nitrogen and oxygen atoms in total. The first-order chi connectivity index (χ1) is 15.3. The Balaban J connectivity index is 0.000000182. The topological polar surface area (TPSA) is 26.8 Å². The molecule has 4 aliphatic heterocycles. The van der Waals surface area contributed by atoms with Crippen LogP contribution in [0.3, 0.4) is 0 Å². The molecule has 0 unspecified atom stereocenters. The van der Waals surface area contributed by atoms with Gasteiger partial charge < -0.3 is 4.90 Å². The van der Waals surface area contributed by atoms with Crippen LogP contribution in [0.15, 0.2) is 30.3 Å². The Morgan fingerprint density at radius 3 is 1.91 bits per heavy atom. The van der Waals surface area contributed by atoms with Gasteiger partial charge in [-0.15, -0.1) is 12.1 Å². The van der Waals surface area contributed by atoms with Crippen molar-refractivity contribution < 1.29 is 23.7 Å². The monoisotopic (exact) mass is 445 g/mol. The van der Waals surface area contributed by atoms with E-state index in [1.54, 1.807) is 18.4 Å². The molecule has 4 aliphatic rings. The van der Waals surface area contributed by atoms with E-state index in [1.807, 2.05) is 57.6 Å². The molecule has 4 fully saturated rings. The van der Waals surface area contributed by atoms with Crippen molar-refractivity contribution in [3.8, 4) is 0 Å². The zero-order valence-electron chi connectivity index (χ0n) is 21.8. The molecule has 5 rings (SSSR count). The third kappa shape index (κ3) is 6.60. The fraction of sp³-hybridized carbons (Fsp3) is 0.714. The van der Waals surface area contributed by atoms with Crippen LogP contribution in [0.1, 0.15) is 71.3 Å². The summed E-state index contributed by atoms with van der Waals surface area (Å²) in [5, 5.41) is 0. The summed E-state index contributed by atoms with van der Waals surface area (Å²) in [7, 11) is 1.79. The van der Waals surface area contributed by atoms with Crippen LogP contribution in [0.25, 0.3) is 0 Å². The molecule has 1 aromatic rings. The van der Waals surface area contributed by atoms with Crippen LogP contribution < -0.4 is 18.9 Å². The zero-order valence-corrected chi connectivity index (χ0v) is 21.8. The van der Waals surface area contributed by atoms with Gasteiger partial charge in [0, 0.05) is 37.6 Å². The molecule has 4 atom stereocenters. The predicted octanol–water partition coefficient (Wildman–Crippen LogP) is 2.05. The summed E-state index contributed by atoms with van der Waals surface area (Å²) < 4.78 is 0. The number of amides is 1. The number of benzene rings is 1. The fourth-order valence-corrected chi connectivity index (χ4v) is 6.60.